The van der Waals surface area contributed by atoms with Crippen LogP contribution in [0.3, 0.4) is 0 Å². The van der Waals surface area contributed by atoms with Gasteiger partial charge in [0.15, 0.2) is 9.58 Å². The van der Waals surface area contributed by atoms with Crippen molar-refractivity contribution in [2.45, 2.75) is 44.0 Å². The summed E-state index contributed by atoms with van der Waals surface area (Å²) in [4.78, 5) is 0.627. The van der Waals surface area contributed by atoms with Crippen LogP contribution in [0.25, 0.3) is 10.1 Å². The Bertz CT molecular complexity index is 611. The summed E-state index contributed by atoms with van der Waals surface area (Å²) in [5.41, 5.74) is -3.15. The maximum atomic E-state index is 13.4. The summed E-state index contributed by atoms with van der Waals surface area (Å²) in [5, 5.41) is 0.778. The number of rotatable bonds is 2. The monoisotopic (exact) mass is 320 g/mol. The zero-order valence-electron chi connectivity index (χ0n) is 11.1. The fourth-order valence-electron chi connectivity index (χ4n) is 2.67. The number of benzene rings is 1. The summed E-state index contributed by atoms with van der Waals surface area (Å²) >= 11 is 0. The molecule has 0 bridgehead atoms. The summed E-state index contributed by atoms with van der Waals surface area (Å²) in [6.07, 6.45) is 3.68. The molecular formula is C15H16ClF3S. The number of halogens is 4. The van der Waals surface area contributed by atoms with Gasteiger partial charge in [-0.15, -0.1) is 13.2 Å². The average molecular weight is 321 g/mol. The van der Waals surface area contributed by atoms with E-state index < -0.39 is 16.0 Å². The summed E-state index contributed by atoms with van der Waals surface area (Å²) < 4.78 is 40.7. The van der Waals surface area contributed by atoms with Gasteiger partial charge in [-0.2, -0.15) is 0 Å². The molecule has 20 heavy (non-hydrogen) atoms. The van der Waals surface area contributed by atoms with Gasteiger partial charge in [-0.3, -0.25) is 0 Å². The van der Waals surface area contributed by atoms with Crippen LogP contribution in [0.5, 0.6) is 0 Å². The van der Waals surface area contributed by atoms with Gasteiger partial charge in [0.2, 0.25) is 0 Å². The third-order valence-electron chi connectivity index (χ3n) is 3.98. The van der Waals surface area contributed by atoms with E-state index in [1.54, 1.807) is 12.1 Å². The zero-order valence-corrected chi connectivity index (χ0v) is 12.7. The lowest BCUT2D eigenvalue weighted by atomic mass is 9.84. The van der Waals surface area contributed by atoms with Crippen LogP contribution in [-0.2, 0) is 11.9 Å². The predicted octanol–water partition coefficient (Wildman–Crippen LogP) is 2.90. The number of thiophene rings is 1. The average Bonchev–Trinajstić information content (AvgIpc) is 2.63. The van der Waals surface area contributed by atoms with Crippen molar-refractivity contribution >= 4 is 20.6 Å². The molecule has 0 amide bonds. The van der Waals surface area contributed by atoms with Crippen LogP contribution in [0.4, 0.5) is 13.2 Å². The maximum Gasteiger partial charge on any atom is 0.600 e. The van der Waals surface area contributed by atoms with E-state index >= 15 is 0 Å². The Morgan fingerprint density at radius 3 is 2.40 bits per heavy atom. The second kappa shape index (κ2) is 5.57. The maximum absolute atomic E-state index is 13.4. The Labute approximate surface area is 125 Å². The molecular weight excluding hydrogens is 305 g/mol. The minimum atomic E-state index is -4.14. The zero-order chi connectivity index (χ0) is 13.6. The lowest BCUT2D eigenvalue weighted by Gasteiger charge is -2.21. The highest BCUT2D eigenvalue weighted by Crippen LogP contribution is 2.56. The van der Waals surface area contributed by atoms with Gasteiger partial charge in [-0.25, -0.2) is 0 Å². The van der Waals surface area contributed by atoms with Gasteiger partial charge in [-0.1, -0.05) is 19.4 Å². The quantitative estimate of drug-likeness (QED) is 0.746. The Morgan fingerprint density at radius 1 is 1.20 bits per heavy atom. The van der Waals surface area contributed by atoms with Gasteiger partial charge in [0.05, 0.1) is 10.5 Å². The molecule has 110 valence electrons. The van der Waals surface area contributed by atoms with E-state index in [0.717, 1.165) is 36.6 Å². The first-order valence-electron chi connectivity index (χ1n) is 6.66. The third-order valence-corrected chi connectivity index (χ3v) is 6.16. The number of fused-ring (bicyclic) bond motifs is 1. The van der Waals surface area contributed by atoms with Crippen LogP contribution in [0.15, 0.2) is 24.3 Å². The van der Waals surface area contributed by atoms with Crippen LogP contribution in [-0.4, -0.2) is 0 Å². The molecule has 1 saturated carbocycles. The molecule has 1 atom stereocenters. The molecule has 1 heterocycles. The highest BCUT2D eigenvalue weighted by Gasteiger charge is 2.50. The summed E-state index contributed by atoms with van der Waals surface area (Å²) in [7, 11) is -1.69. The van der Waals surface area contributed by atoms with E-state index in [2.05, 4.69) is 0 Å². The van der Waals surface area contributed by atoms with Gasteiger partial charge < -0.3 is 12.4 Å². The normalized spacial score (nSPS) is 16.9. The van der Waals surface area contributed by atoms with E-state index in [9.17, 15) is 13.2 Å². The minimum Gasteiger partial charge on any atom is -1.00 e. The van der Waals surface area contributed by atoms with Gasteiger partial charge >= 0.3 is 5.51 Å². The molecule has 2 aromatic rings. The van der Waals surface area contributed by atoms with Crippen molar-refractivity contribution in [1.82, 2.24) is 0 Å². The molecule has 1 unspecified atom stereocenters. The molecule has 1 aromatic carbocycles. The van der Waals surface area contributed by atoms with Crippen molar-refractivity contribution in [2.75, 3.05) is 0 Å². The first kappa shape index (κ1) is 15.6. The largest absolute Gasteiger partial charge is 1.00 e. The molecule has 3 rings (SSSR count). The standard InChI is InChI=1S/C15H16F3S.ClH/c1-2-10-6-7-12-9-14(11-4-3-5-11)19(13(12)8-10)15(16,17)18;/h6-9,11H,2-5H2,1H3;1H/q+1;/p-1. The third kappa shape index (κ3) is 2.56. The minimum absolute atomic E-state index is 0. The van der Waals surface area contributed by atoms with Gasteiger partial charge in [0.25, 0.3) is 0 Å². The summed E-state index contributed by atoms with van der Waals surface area (Å²) in [6.45, 7) is 1.97. The molecule has 0 spiro atoms. The smallest absolute Gasteiger partial charge is 0.600 e. The van der Waals surface area contributed by atoms with Gasteiger partial charge in [0, 0.05) is 23.4 Å². The molecule has 1 fully saturated rings. The van der Waals surface area contributed by atoms with E-state index in [1.165, 1.54) is 0 Å². The fourth-order valence-corrected chi connectivity index (χ4v) is 4.89. The van der Waals surface area contributed by atoms with Crippen molar-refractivity contribution in [3.8, 4) is 0 Å². The fraction of sp³-hybridized carbons (Fsp3) is 0.467. The van der Waals surface area contributed by atoms with Crippen molar-refractivity contribution in [1.29, 1.82) is 0 Å². The number of aryl methyl sites for hydroxylation is 1. The number of hydrogen-bond acceptors (Lipinski definition) is 0. The van der Waals surface area contributed by atoms with E-state index in [1.807, 2.05) is 19.1 Å². The molecule has 0 radical (unpaired) electrons. The van der Waals surface area contributed by atoms with Crippen molar-refractivity contribution < 1.29 is 25.6 Å². The SMILES string of the molecule is CCc1ccc2cc(C3CCC3)[s+](C(F)(F)F)c2c1.[Cl-]. The second-order valence-corrected chi connectivity index (χ2v) is 7.14. The van der Waals surface area contributed by atoms with Crippen LogP contribution in [0, 0.1) is 0 Å². The number of alkyl halides is 3. The Morgan fingerprint density at radius 2 is 1.90 bits per heavy atom. The lowest BCUT2D eigenvalue weighted by Crippen LogP contribution is -3.00. The van der Waals surface area contributed by atoms with Crippen LogP contribution in [0.1, 0.15) is 42.5 Å². The van der Waals surface area contributed by atoms with E-state index in [-0.39, 0.29) is 18.3 Å². The van der Waals surface area contributed by atoms with Crippen molar-refractivity contribution in [3.05, 3.63) is 34.7 Å². The Hall–Kier alpha value is -0.740. The number of hydrogen-bond donors (Lipinski definition) is 0. The Kier molecular flexibility index (Phi) is 4.35. The molecule has 0 nitrogen and oxygen atoms in total. The predicted molar refractivity (Wildman–Crippen MR) is 73.7 cm³/mol. The topological polar surface area (TPSA) is 0 Å². The van der Waals surface area contributed by atoms with E-state index in [4.69, 9.17) is 0 Å². The first-order chi connectivity index (χ1) is 9.00. The van der Waals surface area contributed by atoms with Crippen molar-refractivity contribution in [3.63, 3.8) is 0 Å². The highest BCUT2D eigenvalue weighted by atomic mass is 35.5. The van der Waals surface area contributed by atoms with Crippen molar-refractivity contribution in [2.24, 2.45) is 0 Å². The van der Waals surface area contributed by atoms with Crippen LogP contribution >= 0.6 is 10.5 Å². The molecule has 5 heteroatoms. The summed E-state index contributed by atoms with van der Waals surface area (Å²) in [5.74, 6) is 0.155. The molecule has 0 N–H and O–H groups in total. The molecule has 1 aromatic heterocycles. The molecule has 1 aliphatic carbocycles. The van der Waals surface area contributed by atoms with Gasteiger partial charge in [-0.05, 0) is 30.9 Å². The van der Waals surface area contributed by atoms with Crippen LogP contribution in [0.2, 0.25) is 0 Å². The first-order valence-corrected chi connectivity index (χ1v) is 7.89. The lowest BCUT2D eigenvalue weighted by molar-refractivity contribution is -0.0868. The van der Waals surface area contributed by atoms with Gasteiger partial charge in [0.1, 0.15) is 0 Å². The molecule has 0 saturated heterocycles. The van der Waals surface area contributed by atoms with Crippen LogP contribution < -0.4 is 12.4 Å². The Balaban J connectivity index is 0.00000147. The molecule has 0 aliphatic heterocycles. The second-order valence-electron chi connectivity index (χ2n) is 5.15. The molecule has 1 aliphatic rings. The summed E-state index contributed by atoms with van der Waals surface area (Å²) in [6, 6.07) is 7.35. The van der Waals surface area contributed by atoms with E-state index in [0.29, 0.717) is 9.58 Å². The highest BCUT2D eigenvalue weighted by molar-refractivity contribution is 7.38.